The van der Waals surface area contributed by atoms with Crippen LogP contribution in [0.5, 0.6) is 0 Å². The Balaban J connectivity index is 1.51. The molecular formula is C16H19N3O3. The number of hydrogen-bond acceptors (Lipinski definition) is 5. The maximum Gasteiger partial charge on any atom is 0.238 e. The standard InChI is InChI=1S/C16H19N3O3/c17-11-13-3-1-2-4-14(13)18-15(20)12-19-7-5-16(6-8-19)21-9-10-22-16/h1-4H,5-10,12H2,(H,18,20). The smallest absolute Gasteiger partial charge is 0.238 e. The lowest BCUT2D eigenvalue weighted by Gasteiger charge is -2.37. The lowest BCUT2D eigenvalue weighted by atomic mass is 10.0. The summed E-state index contributed by atoms with van der Waals surface area (Å²) in [6, 6.07) is 9.08. The van der Waals surface area contributed by atoms with Crippen LogP contribution in [0.1, 0.15) is 18.4 Å². The van der Waals surface area contributed by atoms with Crippen LogP contribution in [-0.2, 0) is 14.3 Å². The van der Waals surface area contributed by atoms with Gasteiger partial charge in [-0.1, -0.05) is 12.1 Å². The second-order valence-electron chi connectivity index (χ2n) is 5.59. The van der Waals surface area contributed by atoms with E-state index < -0.39 is 5.79 Å². The molecule has 6 nitrogen and oxygen atoms in total. The monoisotopic (exact) mass is 301 g/mol. The van der Waals surface area contributed by atoms with E-state index in [9.17, 15) is 4.79 Å². The van der Waals surface area contributed by atoms with Crippen molar-refractivity contribution in [2.45, 2.75) is 18.6 Å². The van der Waals surface area contributed by atoms with Gasteiger partial charge in [0.05, 0.1) is 31.0 Å². The molecule has 0 atom stereocenters. The van der Waals surface area contributed by atoms with Crippen molar-refractivity contribution in [2.75, 3.05) is 38.2 Å². The van der Waals surface area contributed by atoms with Crippen LogP contribution in [0.15, 0.2) is 24.3 Å². The number of rotatable bonds is 3. The van der Waals surface area contributed by atoms with Gasteiger partial charge in [0, 0.05) is 25.9 Å². The number of nitrogens with one attached hydrogen (secondary N) is 1. The van der Waals surface area contributed by atoms with Crippen molar-refractivity contribution in [3.8, 4) is 6.07 Å². The van der Waals surface area contributed by atoms with Gasteiger partial charge in [0.2, 0.25) is 5.91 Å². The first-order chi connectivity index (χ1) is 10.7. The van der Waals surface area contributed by atoms with Gasteiger partial charge in [-0.25, -0.2) is 0 Å². The minimum absolute atomic E-state index is 0.105. The molecule has 2 fully saturated rings. The minimum Gasteiger partial charge on any atom is -0.347 e. The van der Waals surface area contributed by atoms with Crippen LogP contribution < -0.4 is 5.32 Å². The van der Waals surface area contributed by atoms with Gasteiger partial charge in [0.25, 0.3) is 0 Å². The first kappa shape index (κ1) is 15.0. The third kappa shape index (κ3) is 3.28. The predicted octanol–water partition coefficient (Wildman–Crippen LogP) is 1.34. The summed E-state index contributed by atoms with van der Waals surface area (Å²) in [6.45, 7) is 3.17. The summed E-state index contributed by atoms with van der Waals surface area (Å²) >= 11 is 0. The highest BCUT2D eigenvalue weighted by molar-refractivity contribution is 5.93. The second-order valence-corrected chi connectivity index (χ2v) is 5.59. The van der Waals surface area contributed by atoms with Crippen LogP contribution >= 0.6 is 0 Å². The lowest BCUT2D eigenvalue weighted by Crippen LogP contribution is -2.47. The summed E-state index contributed by atoms with van der Waals surface area (Å²) in [5.74, 6) is -0.521. The molecule has 0 bridgehead atoms. The van der Waals surface area contributed by atoms with E-state index in [1.807, 2.05) is 0 Å². The number of piperidine rings is 1. The number of anilines is 1. The van der Waals surface area contributed by atoms with E-state index in [0.717, 1.165) is 25.9 Å². The van der Waals surface area contributed by atoms with Crippen molar-refractivity contribution >= 4 is 11.6 Å². The molecule has 1 aromatic rings. The molecule has 2 aliphatic heterocycles. The SMILES string of the molecule is N#Cc1ccccc1NC(=O)CN1CCC2(CC1)OCCO2. The number of nitrogens with zero attached hydrogens (tertiary/aromatic N) is 2. The molecule has 0 radical (unpaired) electrons. The number of carbonyl (C=O) groups is 1. The van der Waals surface area contributed by atoms with Crippen molar-refractivity contribution in [2.24, 2.45) is 0 Å². The number of hydrogen-bond donors (Lipinski definition) is 1. The van der Waals surface area contributed by atoms with Crippen molar-refractivity contribution in [1.82, 2.24) is 4.90 Å². The molecule has 1 amide bonds. The summed E-state index contributed by atoms with van der Waals surface area (Å²) in [6.07, 6.45) is 1.57. The number of amides is 1. The van der Waals surface area contributed by atoms with Crippen LogP contribution in [-0.4, -0.2) is 49.4 Å². The van der Waals surface area contributed by atoms with Gasteiger partial charge in [0.15, 0.2) is 5.79 Å². The summed E-state index contributed by atoms with van der Waals surface area (Å²) < 4.78 is 11.4. The lowest BCUT2D eigenvalue weighted by molar-refractivity contribution is -0.185. The van der Waals surface area contributed by atoms with Crippen molar-refractivity contribution in [3.63, 3.8) is 0 Å². The first-order valence-corrected chi connectivity index (χ1v) is 7.50. The van der Waals surface area contributed by atoms with E-state index in [-0.39, 0.29) is 5.91 Å². The van der Waals surface area contributed by atoms with Crippen molar-refractivity contribution in [3.05, 3.63) is 29.8 Å². The second kappa shape index (κ2) is 6.44. The Hall–Kier alpha value is -1.94. The molecule has 0 unspecified atom stereocenters. The predicted molar refractivity (Wildman–Crippen MR) is 80.1 cm³/mol. The summed E-state index contributed by atoms with van der Waals surface area (Å²) in [5, 5.41) is 11.8. The van der Waals surface area contributed by atoms with E-state index in [2.05, 4.69) is 16.3 Å². The first-order valence-electron chi connectivity index (χ1n) is 7.50. The van der Waals surface area contributed by atoms with Crippen LogP contribution in [0, 0.1) is 11.3 Å². The molecule has 2 aliphatic rings. The summed E-state index contributed by atoms with van der Waals surface area (Å²) in [4.78, 5) is 14.2. The van der Waals surface area contributed by atoms with Gasteiger partial charge in [-0.3, -0.25) is 9.69 Å². The van der Waals surface area contributed by atoms with Crippen LogP contribution in [0.2, 0.25) is 0 Å². The average Bonchev–Trinajstić information content (AvgIpc) is 2.99. The zero-order valence-electron chi connectivity index (χ0n) is 12.4. The van der Waals surface area contributed by atoms with Gasteiger partial charge >= 0.3 is 0 Å². The molecule has 3 rings (SSSR count). The maximum atomic E-state index is 12.1. The molecule has 2 heterocycles. The van der Waals surface area contributed by atoms with E-state index in [0.29, 0.717) is 31.0 Å². The van der Waals surface area contributed by atoms with Gasteiger partial charge in [-0.05, 0) is 12.1 Å². The normalized spacial score (nSPS) is 20.7. The topological polar surface area (TPSA) is 74.6 Å². The fourth-order valence-corrected chi connectivity index (χ4v) is 2.92. The van der Waals surface area contributed by atoms with Crippen LogP contribution in [0.4, 0.5) is 5.69 Å². The van der Waals surface area contributed by atoms with Gasteiger partial charge in [0.1, 0.15) is 6.07 Å². The van der Waals surface area contributed by atoms with E-state index in [1.165, 1.54) is 0 Å². The Morgan fingerprint density at radius 2 is 1.95 bits per heavy atom. The van der Waals surface area contributed by atoms with Gasteiger partial charge in [-0.2, -0.15) is 5.26 Å². The molecular weight excluding hydrogens is 282 g/mol. The Morgan fingerprint density at radius 1 is 1.27 bits per heavy atom. The molecule has 0 saturated carbocycles. The summed E-state index contributed by atoms with van der Waals surface area (Å²) in [5.41, 5.74) is 1.03. The van der Waals surface area contributed by atoms with Crippen molar-refractivity contribution < 1.29 is 14.3 Å². The highest BCUT2D eigenvalue weighted by Gasteiger charge is 2.39. The Bertz CT molecular complexity index is 581. The largest absolute Gasteiger partial charge is 0.347 e. The summed E-state index contributed by atoms with van der Waals surface area (Å²) in [7, 11) is 0. The highest BCUT2D eigenvalue weighted by atomic mass is 16.7. The highest BCUT2D eigenvalue weighted by Crippen LogP contribution is 2.31. The number of ether oxygens (including phenoxy) is 2. The molecule has 1 aromatic carbocycles. The molecule has 2 saturated heterocycles. The minimum atomic E-state index is -0.416. The zero-order valence-corrected chi connectivity index (χ0v) is 12.4. The molecule has 116 valence electrons. The van der Waals surface area contributed by atoms with E-state index in [4.69, 9.17) is 14.7 Å². The van der Waals surface area contributed by atoms with Gasteiger partial charge in [-0.15, -0.1) is 0 Å². The fourth-order valence-electron chi connectivity index (χ4n) is 2.92. The Kier molecular flexibility index (Phi) is 4.39. The fraction of sp³-hybridized carbons (Fsp3) is 0.500. The molecule has 0 aliphatic carbocycles. The van der Waals surface area contributed by atoms with Crippen molar-refractivity contribution in [1.29, 1.82) is 5.26 Å². The Morgan fingerprint density at radius 3 is 2.64 bits per heavy atom. The number of likely N-dealkylation sites (tertiary alicyclic amines) is 1. The van der Waals surface area contributed by atoms with Crippen LogP contribution in [0.25, 0.3) is 0 Å². The number of benzene rings is 1. The third-order valence-corrected chi connectivity index (χ3v) is 4.12. The average molecular weight is 301 g/mol. The van der Waals surface area contributed by atoms with E-state index in [1.54, 1.807) is 24.3 Å². The number of para-hydroxylation sites is 1. The van der Waals surface area contributed by atoms with E-state index >= 15 is 0 Å². The molecule has 22 heavy (non-hydrogen) atoms. The maximum absolute atomic E-state index is 12.1. The molecule has 0 aromatic heterocycles. The quantitative estimate of drug-likeness (QED) is 0.912. The molecule has 6 heteroatoms. The molecule has 1 N–H and O–H groups in total. The zero-order chi connectivity index (χ0) is 15.4. The van der Waals surface area contributed by atoms with Gasteiger partial charge < -0.3 is 14.8 Å². The number of carbonyl (C=O) groups excluding carboxylic acids is 1. The third-order valence-electron chi connectivity index (χ3n) is 4.12. The molecule has 1 spiro atoms. The number of nitriles is 1. The Labute approximate surface area is 129 Å². The van der Waals surface area contributed by atoms with Crippen LogP contribution in [0.3, 0.4) is 0 Å².